The summed E-state index contributed by atoms with van der Waals surface area (Å²) in [6, 6.07) is 16.1. The van der Waals surface area contributed by atoms with Crippen molar-refractivity contribution in [2.75, 3.05) is 12.9 Å². The minimum Gasteiger partial charge on any atom is -0.496 e. The van der Waals surface area contributed by atoms with Gasteiger partial charge in [0.2, 0.25) is 5.91 Å². The van der Waals surface area contributed by atoms with Gasteiger partial charge in [0, 0.05) is 22.6 Å². The Morgan fingerprint density at radius 1 is 1.22 bits per heavy atom. The number of amides is 1. The largest absolute Gasteiger partial charge is 0.496 e. The molecular weight excluding hydrogens is 306 g/mol. The van der Waals surface area contributed by atoms with Gasteiger partial charge in [0.1, 0.15) is 5.75 Å². The maximum absolute atomic E-state index is 12.1. The van der Waals surface area contributed by atoms with Crippen molar-refractivity contribution in [2.24, 2.45) is 0 Å². The van der Waals surface area contributed by atoms with Crippen LogP contribution in [0.4, 0.5) is 0 Å². The summed E-state index contributed by atoms with van der Waals surface area (Å²) >= 11 is 1.70. The smallest absolute Gasteiger partial charge is 0.221 e. The number of hydrogen-bond acceptors (Lipinski definition) is 3. The van der Waals surface area contributed by atoms with Gasteiger partial charge in [-0.05, 0) is 32.0 Å². The molecule has 122 valence electrons. The molecule has 3 nitrogen and oxygen atoms in total. The Morgan fingerprint density at radius 2 is 1.96 bits per heavy atom. The van der Waals surface area contributed by atoms with Crippen molar-refractivity contribution >= 4 is 17.7 Å². The number of methoxy groups -OCH3 is 1. The quantitative estimate of drug-likeness (QED) is 0.767. The van der Waals surface area contributed by atoms with Crippen LogP contribution in [0.5, 0.6) is 5.75 Å². The molecule has 0 saturated carbocycles. The molecule has 0 bridgehead atoms. The van der Waals surface area contributed by atoms with Crippen LogP contribution in [0.1, 0.15) is 30.5 Å². The van der Waals surface area contributed by atoms with E-state index in [4.69, 9.17) is 4.74 Å². The van der Waals surface area contributed by atoms with Crippen molar-refractivity contribution in [1.82, 2.24) is 5.32 Å². The second kappa shape index (κ2) is 8.63. The molecule has 0 saturated heterocycles. The van der Waals surface area contributed by atoms with Crippen molar-refractivity contribution in [3.8, 4) is 5.75 Å². The predicted molar refractivity (Wildman–Crippen MR) is 96.1 cm³/mol. The first kappa shape index (κ1) is 17.4. The SMILES string of the molecule is COc1ccc(C)cc1[C@@H](C)NC(=O)CCSc1ccccc1. The average Bonchev–Trinajstić information content (AvgIpc) is 2.55. The molecule has 0 spiro atoms. The molecule has 1 amide bonds. The Labute approximate surface area is 142 Å². The maximum Gasteiger partial charge on any atom is 0.221 e. The highest BCUT2D eigenvalue weighted by Crippen LogP contribution is 2.26. The van der Waals surface area contributed by atoms with Crippen molar-refractivity contribution < 1.29 is 9.53 Å². The van der Waals surface area contributed by atoms with Crippen LogP contribution >= 0.6 is 11.8 Å². The molecular formula is C19H23NO2S. The zero-order valence-electron chi connectivity index (χ0n) is 13.8. The maximum atomic E-state index is 12.1. The minimum absolute atomic E-state index is 0.0597. The second-order valence-corrected chi connectivity index (χ2v) is 6.61. The number of hydrogen-bond donors (Lipinski definition) is 1. The van der Waals surface area contributed by atoms with E-state index in [1.165, 1.54) is 4.90 Å². The Bertz CT molecular complexity index is 643. The van der Waals surface area contributed by atoms with Gasteiger partial charge in [-0.3, -0.25) is 4.79 Å². The summed E-state index contributed by atoms with van der Waals surface area (Å²) in [6.07, 6.45) is 0.498. The van der Waals surface area contributed by atoms with Crippen molar-refractivity contribution in [1.29, 1.82) is 0 Å². The van der Waals surface area contributed by atoms with Crippen LogP contribution < -0.4 is 10.1 Å². The highest BCUT2D eigenvalue weighted by atomic mass is 32.2. The number of thioether (sulfide) groups is 1. The van der Waals surface area contributed by atoms with Crippen LogP contribution in [0.25, 0.3) is 0 Å². The van der Waals surface area contributed by atoms with E-state index >= 15 is 0 Å². The van der Waals surface area contributed by atoms with E-state index in [0.29, 0.717) is 6.42 Å². The first-order valence-corrected chi connectivity index (χ1v) is 8.70. The zero-order valence-corrected chi connectivity index (χ0v) is 14.7. The third-order valence-electron chi connectivity index (χ3n) is 3.57. The van der Waals surface area contributed by atoms with Gasteiger partial charge in [-0.1, -0.05) is 35.9 Å². The Balaban J connectivity index is 1.86. The van der Waals surface area contributed by atoms with Crippen LogP contribution in [0.3, 0.4) is 0 Å². The van der Waals surface area contributed by atoms with Crippen LogP contribution in [-0.4, -0.2) is 18.8 Å². The molecule has 1 N–H and O–H groups in total. The molecule has 0 aromatic heterocycles. The van der Waals surface area contributed by atoms with Crippen molar-refractivity contribution in [3.63, 3.8) is 0 Å². The fraction of sp³-hybridized carbons (Fsp3) is 0.316. The number of carbonyl (C=O) groups excluding carboxylic acids is 1. The molecule has 0 radical (unpaired) electrons. The van der Waals surface area contributed by atoms with Gasteiger partial charge >= 0.3 is 0 Å². The van der Waals surface area contributed by atoms with Gasteiger partial charge in [-0.15, -0.1) is 11.8 Å². The molecule has 0 aliphatic heterocycles. The van der Waals surface area contributed by atoms with E-state index in [-0.39, 0.29) is 11.9 Å². The monoisotopic (exact) mass is 329 g/mol. The third kappa shape index (κ3) is 5.32. The lowest BCUT2D eigenvalue weighted by Gasteiger charge is -2.18. The Morgan fingerprint density at radius 3 is 2.65 bits per heavy atom. The van der Waals surface area contributed by atoms with E-state index in [1.54, 1.807) is 18.9 Å². The average molecular weight is 329 g/mol. The van der Waals surface area contributed by atoms with Gasteiger partial charge in [0.25, 0.3) is 0 Å². The predicted octanol–water partition coefficient (Wildman–Crippen LogP) is 4.36. The number of carbonyl (C=O) groups is 1. The van der Waals surface area contributed by atoms with Crippen LogP contribution in [-0.2, 0) is 4.79 Å². The molecule has 2 aromatic rings. The first-order valence-electron chi connectivity index (χ1n) is 7.72. The molecule has 1 atom stereocenters. The Kier molecular flexibility index (Phi) is 6.53. The van der Waals surface area contributed by atoms with Crippen molar-refractivity contribution in [2.45, 2.75) is 31.2 Å². The molecule has 0 aliphatic carbocycles. The lowest BCUT2D eigenvalue weighted by molar-refractivity contribution is -0.121. The lowest BCUT2D eigenvalue weighted by Crippen LogP contribution is -2.27. The number of rotatable bonds is 7. The summed E-state index contributed by atoms with van der Waals surface area (Å²) < 4.78 is 5.39. The third-order valence-corrected chi connectivity index (χ3v) is 4.58. The lowest BCUT2D eigenvalue weighted by atomic mass is 10.0. The topological polar surface area (TPSA) is 38.3 Å². The van der Waals surface area contributed by atoms with Crippen molar-refractivity contribution in [3.05, 3.63) is 59.7 Å². The fourth-order valence-corrected chi connectivity index (χ4v) is 3.23. The van der Waals surface area contributed by atoms with Gasteiger partial charge in [-0.2, -0.15) is 0 Å². The number of ether oxygens (including phenoxy) is 1. The van der Waals surface area contributed by atoms with Gasteiger partial charge in [0.05, 0.1) is 13.2 Å². The molecule has 23 heavy (non-hydrogen) atoms. The molecule has 4 heteroatoms. The van der Waals surface area contributed by atoms with Crippen LogP contribution in [0.2, 0.25) is 0 Å². The summed E-state index contributed by atoms with van der Waals surface area (Å²) in [7, 11) is 1.65. The first-order chi connectivity index (χ1) is 11.1. The molecule has 0 unspecified atom stereocenters. The molecule has 2 aromatic carbocycles. The van der Waals surface area contributed by atoms with E-state index in [1.807, 2.05) is 44.2 Å². The van der Waals surface area contributed by atoms with E-state index in [2.05, 4.69) is 23.5 Å². The summed E-state index contributed by atoms with van der Waals surface area (Å²) in [6.45, 7) is 4.02. The number of nitrogens with one attached hydrogen (secondary N) is 1. The molecule has 0 heterocycles. The summed E-state index contributed by atoms with van der Waals surface area (Å²) in [4.78, 5) is 13.3. The molecule has 0 aliphatic rings. The summed E-state index contributed by atoms with van der Waals surface area (Å²) in [5, 5.41) is 3.05. The second-order valence-electron chi connectivity index (χ2n) is 5.45. The molecule has 0 fully saturated rings. The standard InChI is InChI=1S/C19H23NO2S/c1-14-9-10-18(22-3)17(13-14)15(2)20-19(21)11-12-23-16-7-5-4-6-8-16/h4-10,13,15H,11-12H2,1-3H3,(H,20,21)/t15-/m1/s1. The van der Waals surface area contributed by atoms with Gasteiger partial charge in [0.15, 0.2) is 0 Å². The highest BCUT2D eigenvalue weighted by Gasteiger charge is 2.14. The Hall–Kier alpha value is -1.94. The van der Waals surface area contributed by atoms with Gasteiger partial charge in [-0.25, -0.2) is 0 Å². The minimum atomic E-state index is -0.0703. The normalized spacial score (nSPS) is 11.8. The van der Waals surface area contributed by atoms with Crippen LogP contribution in [0, 0.1) is 6.92 Å². The fourth-order valence-electron chi connectivity index (χ4n) is 2.36. The van der Waals surface area contributed by atoms with E-state index in [9.17, 15) is 4.79 Å². The summed E-state index contributed by atoms with van der Waals surface area (Å²) in [5.41, 5.74) is 2.16. The van der Waals surface area contributed by atoms with E-state index < -0.39 is 0 Å². The number of aryl methyl sites for hydroxylation is 1. The van der Waals surface area contributed by atoms with E-state index in [0.717, 1.165) is 22.6 Å². The highest BCUT2D eigenvalue weighted by molar-refractivity contribution is 7.99. The van der Waals surface area contributed by atoms with Gasteiger partial charge < -0.3 is 10.1 Å². The summed E-state index contributed by atoms with van der Waals surface area (Å²) in [5.74, 6) is 1.64. The molecule has 2 rings (SSSR count). The van der Waals surface area contributed by atoms with Crippen LogP contribution in [0.15, 0.2) is 53.4 Å². The zero-order chi connectivity index (χ0) is 16.7. The number of benzene rings is 2.